The lowest BCUT2D eigenvalue weighted by molar-refractivity contribution is 0.590. The monoisotopic (exact) mass is 213 g/mol. The second-order valence-electron chi connectivity index (χ2n) is 5.31. The minimum absolute atomic E-state index is 0.175. The molecule has 1 heteroatoms. The number of rotatable bonds is 1. The van der Waals surface area contributed by atoms with E-state index in [9.17, 15) is 0 Å². The first kappa shape index (κ1) is 11.2. The summed E-state index contributed by atoms with van der Waals surface area (Å²) in [5.74, 6) is 0. The summed E-state index contributed by atoms with van der Waals surface area (Å²) in [5, 5.41) is 2.56. The molecule has 2 aromatic carbocycles. The summed E-state index contributed by atoms with van der Waals surface area (Å²) in [4.78, 5) is 0. The molecule has 0 atom stereocenters. The Morgan fingerprint density at radius 2 is 1.75 bits per heavy atom. The highest BCUT2D eigenvalue weighted by atomic mass is 14.5. The molecule has 0 radical (unpaired) electrons. The van der Waals surface area contributed by atoms with Gasteiger partial charge in [0.05, 0.1) is 0 Å². The smallest absolute Gasteiger partial charge is 0.0184 e. The van der Waals surface area contributed by atoms with Crippen LogP contribution in [-0.2, 0) is 12.0 Å². The molecule has 2 aromatic rings. The van der Waals surface area contributed by atoms with Crippen LogP contribution in [0.15, 0.2) is 36.4 Å². The highest BCUT2D eigenvalue weighted by Gasteiger charge is 2.15. The maximum Gasteiger partial charge on any atom is 0.0184 e. The molecule has 0 amide bonds. The van der Waals surface area contributed by atoms with Crippen molar-refractivity contribution in [2.45, 2.75) is 32.7 Å². The summed E-state index contributed by atoms with van der Waals surface area (Å²) < 4.78 is 0. The molecule has 0 aliphatic heterocycles. The third-order valence-electron chi connectivity index (χ3n) is 3.03. The third-order valence-corrected chi connectivity index (χ3v) is 3.03. The molecule has 0 fully saturated rings. The normalized spacial score (nSPS) is 12.0. The molecule has 0 spiro atoms. The molecule has 2 rings (SSSR count). The van der Waals surface area contributed by atoms with Gasteiger partial charge >= 0.3 is 0 Å². The van der Waals surface area contributed by atoms with Gasteiger partial charge in [0.15, 0.2) is 0 Å². The van der Waals surface area contributed by atoms with E-state index in [1.165, 1.54) is 21.9 Å². The van der Waals surface area contributed by atoms with Crippen LogP contribution in [0.4, 0.5) is 0 Å². The first-order valence-electron chi connectivity index (χ1n) is 5.74. The largest absolute Gasteiger partial charge is 0.326 e. The first-order valence-corrected chi connectivity index (χ1v) is 5.74. The number of hydrogen-bond donors (Lipinski definition) is 1. The molecule has 84 valence electrons. The molecule has 1 nitrogen and oxygen atoms in total. The van der Waals surface area contributed by atoms with Crippen LogP contribution in [-0.4, -0.2) is 0 Å². The van der Waals surface area contributed by atoms with Crippen molar-refractivity contribution < 1.29 is 0 Å². The lowest BCUT2D eigenvalue weighted by atomic mass is 9.84. The molecule has 0 heterocycles. The van der Waals surface area contributed by atoms with Crippen molar-refractivity contribution in [1.29, 1.82) is 0 Å². The molecule has 0 aliphatic carbocycles. The lowest BCUT2D eigenvalue weighted by Crippen LogP contribution is -2.12. The van der Waals surface area contributed by atoms with Gasteiger partial charge in [0.1, 0.15) is 0 Å². The topological polar surface area (TPSA) is 26.0 Å². The fourth-order valence-corrected chi connectivity index (χ4v) is 1.99. The Hall–Kier alpha value is -1.34. The summed E-state index contributed by atoms with van der Waals surface area (Å²) in [6.45, 7) is 7.30. The lowest BCUT2D eigenvalue weighted by Gasteiger charge is -2.21. The van der Waals surface area contributed by atoms with E-state index < -0.39 is 0 Å². The molecular formula is C15H19N. The van der Waals surface area contributed by atoms with Crippen molar-refractivity contribution in [1.82, 2.24) is 0 Å². The van der Waals surface area contributed by atoms with Gasteiger partial charge in [0, 0.05) is 6.54 Å². The Bertz CT molecular complexity index is 506. The Morgan fingerprint density at radius 3 is 2.38 bits per heavy atom. The van der Waals surface area contributed by atoms with Gasteiger partial charge in [-0.05, 0) is 27.3 Å². The molecule has 2 N–H and O–H groups in total. The zero-order valence-electron chi connectivity index (χ0n) is 10.2. The highest BCUT2D eigenvalue weighted by Crippen LogP contribution is 2.28. The predicted molar refractivity (Wildman–Crippen MR) is 70.5 cm³/mol. The van der Waals surface area contributed by atoms with E-state index in [2.05, 4.69) is 57.2 Å². The van der Waals surface area contributed by atoms with Gasteiger partial charge in [-0.1, -0.05) is 57.2 Å². The summed E-state index contributed by atoms with van der Waals surface area (Å²) >= 11 is 0. The van der Waals surface area contributed by atoms with Gasteiger partial charge in [-0.15, -0.1) is 0 Å². The summed E-state index contributed by atoms with van der Waals surface area (Å²) in [6, 6.07) is 13.0. The number of benzene rings is 2. The fraction of sp³-hybridized carbons (Fsp3) is 0.333. The van der Waals surface area contributed by atoms with Gasteiger partial charge in [-0.3, -0.25) is 0 Å². The van der Waals surface area contributed by atoms with E-state index in [0.717, 1.165) is 0 Å². The quantitative estimate of drug-likeness (QED) is 0.769. The molecular weight excluding hydrogens is 194 g/mol. The second-order valence-corrected chi connectivity index (χ2v) is 5.31. The van der Waals surface area contributed by atoms with Crippen molar-refractivity contribution in [3.05, 3.63) is 47.5 Å². The van der Waals surface area contributed by atoms with Crippen molar-refractivity contribution in [3.63, 3.8) is 0 Å². The Balaban J connectivity index is 2.73. The standard InChI is InChI=1S/C15H19N/c1-15(2,3)13-8-11-6-4-5-7-14(11)12(9-13)10-16/h4-9H,10,16H2,1-3H3. The van der Waals surface area contributed by atoms with Crippen LogP contribution in [0.25, 0.3) is 10.8 Å². The summed E-state index contributed by atoms with van der Waals surface area (Å²) in [7, 11) is 0. The van der Waals surface area contributed by atoms with Gasteiger partial charge in [-0.2, -0.15) is 0 Å². The van der Waals surface area contributed by atoms with Gasteiger partial charge in [-0.25, -0.2) is 0 Å². The molecule has 0 aromatic heterocycles. The molecule has 0 aliphatic rings. The van der Waals surface area contributed by atoms with E-state index in [0.29, 0.717) is 6.54 Å². The Labute approximate surface area is 97.3 Å². The van der Waals surface area contributed by atoms with E-state index in [-0.39, 0.29) is 5.41 Å². The van der Waals surface area contributed by atoms with Crippen molar-refractivity contribution >= 4 is 10.8 Å². The van der Waals surface area contributed by atoms with E-state index in [4.69, 9.17) is 5.73 Å². The van der Waals surface area contributed by atoms with E-state index in [1.54, 1.807) is 0 Å². The van der Waals surface area contributed by atoms with Gasteiger partial charge in [0.2, 0.25) is 0 Å². The van der Waals surface area contributed by atoms with E-state index in [1.807, 2.05) is 0 Å². The van der Waals surface area contributed by atoms with Crippen LogP contribution in [0.1, 0.15) is 31.9 Å². The van der Waals surface area contributed by atoms with Crippen LogP contribution in [0, 0.1) is 0 Å². The Kier molecular flexibility index (Phi) is 2.73. The molecule has 16 heavy (non-hydrogen) atoms. The van der Waals surface area contributed by atoms with Gasteiger partial charge < -0.3 is 5.73 Å². The van der Waals surface area contributed by atoms with Crippen LogP contribution >= 0.6 is 0 Å². The van der Waals surface area contributed by atoms with Gasteiger partial charge in [0.25, 0.3) is 0 Å². The zero-order chi connectivity index (χ0) is 11.8. The molecule has 0 saturated carbocycles. The van der Waals surface area contributed by atoms with Crippen LogP contribution in [0.3, 0.4) is 0 Å². The average molecular weight is 213 g/mol. The molecule has 0 unspecified atom stereocenters. The second kappa shape index (κ2) is 3.91. The third kappa shape index (κ3) is 1.96. The van der Waals surface area contributed by atoms with Crippen molar-refractivity contribution in [3.8, 4) is 0 Å². The maximum atomic E-state index is 5.83. The number of fused-ring (bicyclic) bond motifs is 1. The van der Waals surface area contributed by atoms with Crippen molar-refractivity contribution in [2.75, 3.05) is 0 Å². The minimum Gasteiger partial charge on any atom is -0.326 e. The fourth-order valence-electron chi connectivity index (χ4n) is 1.99. The zero-order valence-corrected chi connectivity index (χ0v) is 10.2. The SMILES string of the molecule is CC(C)(C)c1cc(CN)c2ccccc2c1. The van der Waals surface area contributed by atoms with Crippen molar-refractivity contribution in [2.24, 2.45) is 5.73 Å². The maximum absolute atomic E-state index is 5.83. The average Bonchev–Trinajstić information content (AvgIpc) is 2.26. The van der Waals surface area contributed by atoms with Crippen LogP contribution < -0.4 is 5.73 Å². The predicted octanol–water partition coefficient (Wildman–Crippen LogP) is 3.60. The highest BCUT2D eigenvalue weighted by molar-refractivity contribution is 5.86. The number of hydrogen-bond acceptors (Lipinski definition) is 1. The minimum atomic E-state index is 0.175. The number of nitrogens with two attached hydrogens (primary N) is 1. The molecule has 0 bridgehead atoms. The summed E-state index contributed by atoms with van der Waals surface area (Å²) in [6.07, 6.45) is 0. The summed E-state index contributed by atoms with van der Waals surface area (Å²) in [5.41, 5.74) is 8.59. The van der Waals surface area contributed by atoms with E-state index >= 15 is 0 Å². The van der Waals surface area contributed by atoms with Crippen LogP contribution in [0.5, 0.6) is 0 Å². The first-order chi connectivity index (χ1) is 7.52. The molecule has 0 saturated heterocycles. The Morgan fingerprint density at radius 1 is 1.06 bits per heavy atom. The van der Waals surface area contributed by atoms with Crippen LogP contribution in [0.2, 0.25) is 0 Å².